The minimum Gasteiger partial charge on any atom is -0.393 e. The molecule has 0 spiro atoms. The van der Waals surface area contributed by atoms with Crippen LogP contribution in [0.2, 0.25) is 0 Å². The molecule has 0 heterocycles. The molecular weight excluding hydrogens is 397 g/mol. The maximum Gasteiger partial charge on any atom is 0.391 e. The van der Waals surface area contributed by atoms with Gasteiger partial charge < -0.3 is 5.11 Å². The molecule has 9 unspecified atom stereocenters. The lowest BCUT2D eigenvalue weighted by Gasteiger charge is -2.58. The first kappa shape index (κ1) is 23.6. The Balaban J connectivity index is 1.42. The molecule has 0 amide bonds. The smallest absolute Gasteiger partial charge is 0.391 e. The van der Waals surface area contributed by atoms with Gasteiger partial charge in [-0.1, -0.05) is 52.2 Å². The first-order valence-corrected chi connectivity index (χ1v) is 12.9. The van der Waals surface area contributed by atoms with Gasteiger partial charge in [-0.05, 0) is 98.2 Å². The predicted molar refractivity (Wildman–Crippen MR) is 119 cm³/mol. The van der Waals surface area contributed by atoms with E-state index in [4.69, 9.17) is 0 Å². The molecular formula is C27H43F3O. The zero-order valence-electron chi connectivity index (χ0n) is 20.0. The normalized spacial score (nSPS) is 44.6. The summed E-state index contributed by atoms with van der Waals surface area (Å²) in [5.74, 6) is 2.26. The highest BCUT2D eigenvalue weighted by molar-refractivity contribution is 5.25. The van der Waals surface area contributed by atoms with Crippen molar-refractivity contribution >= 4 is 0 Å². The van der Waals surface area contributed by atoms with Gasteiger partial charge in [0, 0.05) is 0 Å². The Morgan fingerprint density at radius 2 is 1.77 bits per heavy atom. The summed E-state index contributed by atoms with van der Waals surface area (Å²) >= 11 is 0. The van der Waals surface area contributed by atoms with Gasteiger partial charge in [0.2, 0.25) is 0 Å². The largest absolute Gasteiger partial charge is 0.393 e. The van der Waals surface area contributed by atoms with Gasteiger partial charge in [0.15, 0.2) is 0 Å². The highest BCUT2D eigenvalue weighted by Gasteiger charge is 2.59. The van der Waals surface area contributed by atoms with E-state index in [2.05, 4.69) is 26.8 Å². The van der Waals surface area contributed by atoms with E-state index >= 15 is 0 Å². The van der Waals surface area contributed by atoms with Crippen molar-refractivity contribution in [3.05, 3.63) is 11.6 Å². The number of aliphatic hydroxyl groups is 1. The highest BCUT2D eigenvalue weighted by atomic mass is 19.4. The number of allylic oxidation sites excluding steroid dienone is 1. The van der Waals surface area contributed by atoms with Gasteiger partial charge in [-0.3, -0.25) is 0 Å². The summed E-state index contributed by atoms with van der Waals surface area (Å²) < 4.78 is 38.6. The van der Waals surface area contributed by atoms with E-state index in [1.54, 1.807) is 0 Å². The average molecular weight is 441 g/mol. The van der Waals surface area contributed by atoms with E-state index < -0.39 is 12.1 Å². The molecule has 4 aliphatic rings. The molecule has 31 heavy (non-hydrogen) atoms. The molecule has 0 aromatic heterocycles. The van der Waals surface area contributed by atoms with Crippen LogP contribution in [0.5, 0.6) is 0 Å². The minimum atomic E-state index is -4.05. The predicted octanol–water partition coefficient (Wildman–Crippen LogP) is 7.93. The quantitative estimate of drug-likeness (QED) is 0.430. The Hall–Kier alpha value is -0.510. The summed E-state index contributed by atoms with van der Waals surface area (Å²) in [5.41, 5.74) is 2.16. The average Bonchev–Trinajstić information content (AvgIpc) is 3.05. The number of rotatable bonds is 5. The molecule has 0 aromatic carbocycles. The molecule has 4 rings (SSSR count). The summed E-state index contributed by atoms with van der Waals surface area (Å²) in [6.07, 6.45) is 9.41. The van der Waals surface area contributed by atoms with Crippen molar-refractivity contribution in [1.82, 2.24) is 0 Å². The summed E-state index contributed by atoms with van der Waals surface area (Å²) in [5, 5.41) is 10.2. The molecule has 1 nitrogen and oxygen atoms in total. The number of hydrogen-bond donors (Lipinski definition) is 1. The Morgan fingerprint density at radius 1 is 1.03 bits per heavy atom. The summed E-state index contributed by atoms with van der Waals surface area (Å²) in [4.78, 5) is 0. The maximum atomic E-state index is 12.9. The fraction of sp³-hybridized carbons (Fsp3) is 0.926. The lowest BCUT2D eigenvalue weighted by molar-refractivity contribution is -0.171. The first-order valence-electron chi connectivity index (χ1n) is 12.9. The van der Waals surface area contributed by atoms with Crippen molar-refractivity contribution in [3.63, 3.8) is 0 Å². The number of halogens is 3. The van der Waals surface area contributed by atoms with Crippen LogP contribution in [-0.4, -0.2) is 17.4 Å². The van der Waals surface area contributed by atoms with Crippen molar-refractivity contribution in [2.24, 2.45) is 46.3 Å². The minimum absolute atomic E-state index is 0.151. The van der Waals surface area contributed by atoms with Crippen molar-refractivity contribution in [3.8, 4) is 0 Å². The van der Waals surface area contributed by atoms with Crippen LogP contribution in [0.1, 0.15) is 98.3 Å². The monoisotopic (exact) mass is 440 g/mol. The number of aliphatic hydroxyl groups excluding tert-OH is 1. The summed E-state index contributed by atoms with van der Waals surface area (Å²) in [7, 11) is 0. The molecule has 4 aliphatic carbocycles. The van der Waals surface area contributed by atoms with Crippen molar-refractivity contribution in [1.29, 1.82) is 0 Å². The third kappa shape index (κ3) is 4.13. The third-order valence-corrected chi connectivity index (χ3v) is 10.7. The van der Waals surface area contributed by atoms with Gasteiger partial charge >= 0.3 is 6.18 Å². The van der Waals surface area contributed by atoms with E-state index in [0.717, 1.165) is 43.4 Å². The van der Waals surface area contributed by atoms with Gasteiger partial charge in [-0.2, -0.15) is 13.2 Å². The maximum absolute atomic E-state index is 12.9. The highest BCUT2D eigenvalue weighted by Crippen LogP contribution is 2.67. The second-order valence-electron chi connectivity index (χ2n) is 12.2. The molecule has 3 fully saturated rings. The molecule has 1 N–H and O–H groups in total. The first-order chi connectivity index (χ1) is 14.5. The van der Waals surface area contributed by atoms with Gasteiger partial charge in [0.05, 0.1) is 12.0 Å². The zero-order chi connectivity index (χ0) is 22.6. The van der Waals surface area contributed by atoms with Crippen molar-refractivity contribution in [2.45, 2.75) is 111 Å². The van der Waals surface area contributed by atoms with Crippen LogP contribution >= 0.6 is 0 Å². The zero-order valence-corrected chi connectivity index (χ0v) is 20.0. The lowest BCUT2D eigenvalue weighted by Crippen LogP contribution is -2.50. The van der Waals surface area contributed by atoms with Crippen molar-refractivity contribution < 1.29 is 18.3 Å². The fourth-order valence-electron chi connectivity index (χ4n) is 8.73. The van der Waals surface area contributed by atoms with Crippen LogP contribution in [0.25, 0.3) is 0 Å². The van der Waals surface area contributed by atoms with Crippen LogP contribution in [0.3, 0.4) is 0 Å². The van der Waals surface area contributed by atoms with E-state index in [0.29, 0.717) is 23.7 Å². The molecule has 3 saturated carbocycles. The molecule has 0 radical (unpaired) electrons. The summed E-state index contributed by atoms with van der Waals surface area (Å²) in [6, 6.07) is 0. The van der Waals surface area contributed by atoms with Crippen LogP contribution in [-0.2, 0) is 0 Å². The van der Waals surface area contributed by atoms with E-state index in [1.807, 2.05) is 0 Å². The second kappa shape index (κ2) is 8.37. The molecule has 0 aliphatic heterocycles. The molecule has 0 saturated heterocycles. The molecule has 9 atom stereocenters. The Morgan fingerprint density at radius 3 is 2.48 bits per heavy atom. The van der Waals surface area contributed by atoms with Crippen molar-refractivity contribution in [2.75, 3.05) is 0 Å². The van der Waals surface area contributed by atoms with Gasteiger partial charge in [-0.25, -0.2) is 0 Å². The van der Waals surface area contributed by atoms with Crippen LogP contribution in [0, 0.1) is 46.3 Å². The van der Waals surface area contributed by atoms with E-state index in [9.17, 15) is 18.3 Å². The topological polar surface area (TPSA) is 20.2 Å². The van der Waals surface area contributed by atoms with E-state index in [1.165, 1.54) is 44.6 Å². The number of fused-ring (bicyclic) bond motifs is 5. The van der Waals surface area contributed by atoms with Gasteiger partial charge in [0.25, 0.3) is 0 Å². The number of alkyl halides is 3. The van der Waals surface area contributed by atoms with Gasteiger partial charge in [-0.15, -0.1) is 0 Å². The lowest BCUT2D eigenvalue weighted by atomic mass is 9.47. The van der Waals surface area contributed by atoms with E-state index in [-0.39, 0.29) is 17.9 Å². The Labute approximate surface area is 187 Å². The second-order valence-corrected chi connectivity index (χ2v) is 12.2. The standard InChI is InChI=1S/C27H43F3O/c1-17(6-5-7-18(2)27(28,29)30)22-10-11-23-21-9-8-19-16-20(31)12-14-25(19,3)24(21)13-15-26(22,23)4/h8,17-18,20-24,31H,5-7,9-16H2,1-4H3. The molecule has 4 heteroatoms. The third-order valence-electron chi connectivity index (χ3n) is 10.7. The number of hydrogen-bond acceptors (Lipinski definition) is 1. The Bertz CT molecular complexity index is 684. The van der Waals surface area contributed by atoms with Gasteiger partial charge in [0.1, 0.15) is 0 Å². The van der Waals surface area contributed by atoms with Crippen LogP contribution in [0.15, 0.2) is 11.6 Å². The van der Waals surface area contributed by atoms with Crippen LogP contribution < -0.4 is 0 Å². The SMILES string of the molecule is CC(CCCC(C)C(F)(F)F)C1CCC2C3CC=C4CC(O)CCC4(C)C3CCC12C. The molecule has 0 bridgehead atoms. The Kier molecular flexibility index (Phi) is 6.38. The van der Waals surface area contributed by atoms with Crippen LogP contribution in [0.4, 0.5) is 13.2 Å². The molecule has 178 valence electrons. The molecule has 0 aromatic rings. The summed E-state index contributed by atoms with van der Waals surface area (Å²) in [6.45, 7) is 8.63. The fourth-order valence-corrected chi connectivity index (χ4v) is 8.73.